The van der Waals surface area contributed by atoms with Gasteiger partial charge in [-0.05, 0) is 43.2 Å². The van der Waals surface area contributed by atoms with Crippen LogP contribution in [0.4, 0.5) is 5.69 Å². The monoisotopic (exact) mass is 372 g/mol. The number of hydrogen-bond acceptors (Lipinski definition) is 2. The molecular weight excluding hydrogens is 348 g/mol. The second-order valence-corrected chi connectivity index (χ2v) is 6.87. The van der Waals surface area contributed by atoms with Gasteiger partial charge in [0, 0.05) is 11.3 Å². The molecule has 0 aliphatic heterocycles. The highest BCUT2D eigenvalue weighted by molar-refractivity contribution is 5.96. The molecule has 3 aromatic rings. The molecule has 2 amide bonds. The van der Waals surface area contributed by atoms with E-state index < -0.39 is 6.04 Å². The van der Waals surface area contributed by atoms with Crippen molar-refractivity contribution in [2.75, 3.05) is 5.32 Å². The molecule has 2 N–H and O–H groups in total. The average Bonchev–Trinajstić information content (AvgIpc) is 2.71. The fourth-order valence-corrected chi connectivity index (χ4v) is 3.11. The Hall–Kier alpha value is -3.40. The van der Waals surface area contributed by atoms with Crippen molar-refractivity contribution < 1.29 is 9.59 Å². The molecule has 0 fully saturated rings. The molecule has 1 atom stereocenters. The Balaban J connectivity index is 1.75. The maximum absolute atomic E-state index is 12.7. The molecule has 142 valence electrons. The first-order valence-electron chi connectivity index (χ1n) is 9.31. The third kappa shape index (κ3) is 5.07. The van der Waals surface area contributed by atoms with E-state index in [-0.39, 0.29) is 18.2 Å². The van der Waals surface area contributed by atoms with Gasteiger partial charge in [0.25, 0.3) is 5.91 Å². The molecule has 0 heterocycles. The Morgan fingerprint density at radius 3 is 2.14 bits per heavy atom. The molecule has 3 aromatic carbocycles. The quantitative estimate of drug-likeness (QED) is 0.653. The fraction of sp³-hybridized carbons (Fsp3) is 0.167. The number of nitrogens with one attached hydrogen (secondary N) is 2. The molecule has 0 saturated heterocycles. The first kappa shape index (κ1) is 19.4. The van der Waals surface area contributed by atoms with Gasteiger partial charge in [-0.2, -0.15) is 0 Å². The summed E-state index contributed by atoms with van der Waals surface area (Å²) in [6.45, 7) is 3.98. The molecule has 0 radical (unpaired) electrons. The van der Waals surface area contributed by atoms with Crippen LogP contribution in [-0.4, -0.2) is 11.8 Å². The Morgan fingerprint density at radius 2 is 1.50 bits per heavy atom. The van der Waals surface area contributed by atoms with Crippen LogP contribution < -0.4 is 10.6 Å². The lowest BCUT2D eigenvalue weighted by Gasteiger charge is -2.19. The zero-order valence-corrected chi connectivity index (χ0v) is 16.1. The maximum atomic E-state index is 12.7. The molecule has 0 aromatic heterocycles. The van der Waals surface area contributed by atoms with E-state index >= 15 is 0 Å². The van der Waals surface area contributed by atoms with Crippen LogP contribution in [0, 0.1) is 13.8 Å². The topological polar surface area (TPSA) is 58.2 Å². The van der Waals surface area contributed by atoms with Crippen LogP contribution in [0.1, 0.15) is 39.5 Å². The van der Waals surface area contributed by atoms with E-state index in [1.165, 1.54) is 0 Å². The van der Waals surface area contributed by atoms with Crippen LogP contribution in [0.15, 0.2) is 78.9 Å². The van der Waals surface area contributed by atoms with Gasteiger partial charge in [0.1, 0.15) is 0 Å². The van der Waals surface area contributed by atoms with Crippen LogP contribution in [0.2, 0.25) is 0 Å². The lowest BCUT2D eigenvalue weighted by Crippen LogP contribution is -2.31. The molecule has 0 aliphatic carbocycles. The van der Waals surface area contributed by atoms with Gasteiger partial charge >= 0.3 is 0 Å². The normalized spacial score (nSPS) is 11.5. The van der Waals surface area contributed by atoms with Gasteiger partial charge in [0.05, 0.1) is 12.5 Å². The highest BCUT2D eigenvalue weighted by Gasteiger charge is 2.19. The van der Waals surface area contributed by atoms with Gasteiger partial charge < -0.3 is 10.6 Å². The van der Waals surface area contributed by atoms with Crippen molar-refractivity contribution in [3.63, 3.8) is 0 Å². The van der Waals surface area contributed by atoms with Crippen LogP contribution in [-0.2, 0) is 4.79 Å². The number of rotatable bonds is 6. The number of carbonyl (C=O) groups excluding carboxylic acids is 2. The highest BCUT2D eigenvalue weighted by atomic mass is 16.2. The Bertz CT molecular complexity index is 953. The smallest absolute Gasteiger partial charge is 0.251 e. The zero-order chi connectivity index (χ0) is 19.9. The number of aryl methyl sites for hydroxylation is 2. The van der Waals surface area contributed by atoms with Crippen molar-refractivity contribution >= 4 is 17.5 Å². The third-order valence-electron chi connectivity index (χ3n) is 4.59. The highest BCUT2D eigenvalue weighted by Crippen LogP contribution is 2.21. The molecular formula is C24H24N2O2. The van der Waals surface area contributed by atoms with Crippen molar-refractivity contribution in [2.45, 2.75) is 26.3 Å². The number of amides is 2. The summed E-state index contributed by atoms with van der Waals surface area (Å²) in [6.07, 6.45) is 0.149. The Morgan fingerprint density at radius 1 is 0.857 bits per heavy atom. The van der Waals surface area contributed by atoms with Crippen LogP contribution in [0.5, 0.6) is 0 Å². The van der Waals surface area contributed by atoms with E-state index in [1.807, 2.05) is 80.6 Å². The van der Waals surface area contributed by atoms with Crippen molar-refractivity contribution in [3.05, 3.63) is 101 Å². The summed E-state index contributed by atoms with van der Waals surface area (Å²) in [5.41, 5.74) is 4.41. The molecule has 28 heavy (non-hydrogen) atoms. The largest absolute Gasteiger partial charge is 0.345 e. The Kier molecular flexibility index (Phi) is 6.22. The maximum Gasteiger partial charge on any atom is 0.251 e. The van der Waals surface area contributed by atoms with Gasteiger partial charge in [-0.15, -0.1) is 0 Å². The van der Waals surface area contributed by atoms with Crippen molar-refractivity contribution in [1.82, 2.24) is 5.32 Å². The number of hydrogen-bond donors (Lipinski definition) is 2. The first-order valence-corrected chi connectivity index (χ1v) is 9.31. The lowest BCUT2D eigenvalue weighted by molar-refractivity contribution is -0.116. The van der Waals surface area contributed by atoms with Crippen molar-refractivity contribution in [3.8, 4) is 0 Å². The predicted molar refractivity (Wildman–Crippen MR) is 112 cm³/mol. The van der Waals surface area contributed by atoms with Gasteiger partial charge in [0.2, 0.25) is 5.91 Å². The lowest BCUT2D eigenvalue weighted by atomic mass is 10.0. The number of benzene rings is 3. The summed E-state index contributed by atoms with van der Waals surface area (Å²) in [7, 11) is 0. The van der Waals surface area contributed by atoms with E-state index in [0.717, 1.165) is 22.4 Å². The number of anilines is 1. The summed E-state index contributed by atoms with van der Waals surface area (Å²) in [5, 5.41) is 5.95. The van der Waals surface area contributed by atoms with E-state index in [4.69, 9.17) is 0 Å². The molecule has 0 bridgehead atoms. The molecule has 0 aliphatic rings. The minimum absolute atomic E-state index is 0.144. The van der Waals surface area contributed by atoms with Gasteiger partial charge in [-0.1, -0.05) is 66.2 Å². The molecule has 3 rings (SSSR count). The second kappa shape index (κ2) is 9.00. The van der Waals surface area contributed by atoms with Crippen molar-refractivity contribution in [1.29, 1.82) is 0 Å². The van der Waals surface area contributed by atoms with Gasteiger partial charge in [-0.3, -0.25) is 9.59 Å². The average molecular weight is 372 g/mol. The van der Waals surface area contributed by atoms with Crippen LogP contribution in [0.25, 0.3) is 0 Å². The SMILES string of the molecule is Cc1ccc(NC(=O)CC(NC(=O)c2ccccc2)c2ccccc2)c(C)c1. The van der Waals surface area contributed by atoms with Gasteiger partial charge in [-0.25, -0.2) is 0 Å². The standard InChI is InChI=1S/C24H24N2O2/c1-17-13-14-21(18(2)15-17)25-23(27)16-22(19-9-5-3-6-10-19)26-24(28)20-11-7-4-8-12-20/h3-15,22H,16H2,1-2H3,(H,25,27)(H,26,28). The van der Waals surface area contributed by atoms with Crippen molar-refractivity contribution in [2.24, 2.45) is 0 Å². The second-order valence-electron chi connectivity index (χ2n) is 6.87. The summed E-state index contributed by atoms with van der Waals surface area (Å²) < 4.78 is 0. The van der Waals surface area contributed by atoms with E-state index in [0.29, 0.717) is 5.56 Å². The molecule has 4 heteroatoms. The van der Waals surface area contributed by atoms with Gasteiger partial charge in [0.15, 0.2) is 0 Å². The molecule has 0 saturated carbocycles. The molecule has 4 nitrogen and oxygen atoms in total. The molecule has 1 unspecified atom stereocenters. The third-order valence-corrected chi connectivity index (χ3v) is 4.59. The van der Waals surface area contributed by atoms with E-state index in [2.05, 4.69) is 10.6 Å². The summed E-state index contributed by atoms with van der Waals surface area (Å²) in [5.74, 6) is -0.345. The fourth-order valence-electron chi connectivity index (χ4n) is 3.11. The summed E-state index contributed by atoms with van der Waals surface area (Å²) in [4.78, 5) is 25.3. The van der Waals surface area contributed by atoms with E-state index in [9.17, 15) is 9.59 Å². The molecule has 0 spiro atoms. The van der Waals surface area contributed by atoms with Crippen LogP contribution in [0.3, 0.4) is 0 Å². The Labute approximate surface area is 165 Å². The zero-order valence-electron chi connectivity index (χ0n) is 16.1. The predicted octanol–water partition coefficient (Wildman–Crippen LogP) is 4.80. The summed E-state index contributed by atoms with van der Waals surface area (Å²) in [6, 6.07) is 24.0. The minimum Gasteiger partial charge on any atom is -0.345 e. The number of carbonyl (C=O) groups is 2. The van der Waals surface area contributed by atoms with E-state index in [1.54, 1.807) is 12.1 Å². The summed E-state index contributed by atoms with van der Waals surface area (Å²) >= 11 is 0. The first-order chi connectivity index (χ1) is 13.5. The van der Waals surface area contributed by atoms with Crippen LogP contribution >= 0.6 is 0 Å². The minimum atomic E-state index is -0.417.